The van der Waals surface area contributed by atoms with Crippen LogP contribution in [0.4, 0.5) is 0 Å². The van der Waals surface area contributed by atoms with Crippen LogP contribution < -0.4 is 0 Å². The van der Waals surface area contributed by atoms with E-state index in [1.807, 2.05) is 0 Å². The van der Waals surface area contributed by atoms with Gasteiger partial charge in [0, 0.05) is 24.9 Å². The summed E-state index contributed by atoms with van der Waals surface area (Å²) in [5.41, 5.74) is -1.02. The van der Waals surface area contributed by atoms with Crippen molar-refractivity contribution >= 4 is 0 Å². The molecule has 1 aliphatic carbocycles. The van der Waals surface area contributed by atoms with E-state index in [2.05, 4.69) is 13.8 Å². The number of unbranched alkanes of at least 4 members (excludes halogenated alkanes) is 5. The number of aliphatic hydroxyl groups is 2. The highest BCUT2D eigenvalue weighted by Crippen LogP contribution is 2.54. The van der Waals surface area contributed by atoms with E-state index in [1.165, 1.54) is 32.1 Å². The van der Waals surface area contributed by atoms with Gasteiger partial charge in [-0.25, -0.2) is 0 Å². The van der Waals surface area contributed by atoms with E-state index in [9.17, 15) is 10.2 Å². The Morgan fingerprint density at radius 2 is 1.78 bits per heavy atom. The van der Waals surface area contributed by atoms with Crippen LogP contribution in [0.25, 0.3) is 0 Å². The zero-order valence-corrected chi connectivity index (χ0v) is 17.5. The average Bonchev–Trinajstić information content (AvgIpc) is 2.72. The molecular formula is C22H40O5. The van der Waals surface area contributed by atoms with Crippen LogP contribution in [0, 0.1) is 17.8 Å². The third-order valence-corrected chi connectivity index (χ3v) is 7.11. The normalized spacial score (nSPS) is 44.6. The summed E-state index contributed by atoms with van der Waals surface area (Å²) in [6.45, 7) is 6.72. The van der Waals surface area contributed by atoms with Crippen LogP contribution >= 0.6 is 0 Å². The van der Waals surface area contributed by atoms with E-state index in [4.69, 9.17) is 14.2 Å². The average molecular weight is 385 g/mol. The number of hydrogen-bond donors (Lipinski definition) is 2. The van der Waals surface area contributed by atoms with Gasteiger partial charge in [0.2, 0.25) is 0 Å². The van der Waals surface area contributed by atoms with E-state index in [0.29, 0.717) is 13.0 Å². The van der Waals surface area contributed by atoms with Crippen molar-refractivity contribution in [2.75, 3.05) is 6.61 Å². The summed E-state index contributed by atoms with van der Waals surface area (Å²) in [5.74, 6) is -0.913. The summed E-state index contributed by atoms with van der Waals surface area (Å²) in [7, 11) is 0. The highest BCUT2D eigenvalue weighted by atomic mass is 16.8. The number of ether oxygens (including phenoxy) is 3. The molecule has 3 fully saturated rings. The van der Waals surface area contributed by atoms with Gasteiger partial charge in [0.05, 0.1) is 0 Å². The molecule has 0 radical (unpaired) electrons. The minimum absolute atomic E-state index is 0.0958. The Balaban J connectivity index is 1.60. The third-order valence-electron chi connectivity index (χ3n) is 7.11. The third kappa shape index (κ3) is 4.69. The molecule has 27 heavy (non-hydrogen) atoms. The van der Waals surface area contributed by atoms with Crippen molar-refractivity contribution in [3.05, 3.63) is 0 Å². The van der Waals surface area contributed by atoms with E-state index in [-0.39, 0.29) is 24.0 Å². The van der Waals surface area contributed by atoms with E-state index in [1.54, 1.807) is 6.92 Å². The molecule has 2 heterocycles. The Hall–Kier alpha value is -0.200. The molecule has 0 aromatic rings. The summed E-state index contributed by atoms with van der Waals surface area (Å²) >= 11 is 0. The smallest absolute Gasteiger partial charge is 0.193 e. The zero-order valence-electron chi connectivity index (χ0n) is 17.5. The zero-order chi connectivity index (χ0) is 19.5. The molecule has 2 N–H and O–H groups in total. The summed E-state index contributed by atoms with van der Waals surface area (Å²) < 4.78 is 18.1. The molecular weight excluding hydrogens is 344 g/mol. The Labute approximate surface area is 164 Å². The lowest BCUT2D eigenvalue weighted by molar-refractivity contribution is -0.405. The second-order valence-corrected chi connectivity index (χ2v) is 9.29. The van der Waals surface area contributed by atoms with E-state index < -0.39 is 17.7 Å². The molecule has 158 valence electrons. The van der Waals surface area contributed by atoms with Crippen molar-refractivity contribution in [1.29, 1.82) is 0 Å². The van der Waals surface area contributed by atoms with Gasteiger partial charge in [0.25, 0.3) is 0 Å². The van der Waals surface area contributed by atoms with Crippen LogP contribution in [0.2, 0.25) is 0 Å². The van der Waals surface area contributed by atoms with Gasteiger partial charge in [0.1, 0.15) is 5.60 Å². The van der Waals surface area contributed by atoms with Crippen molar-refractivity contribution in [3.63, 3.8) is 0 Å². The monoisotopic (exact) mass is 384 g/mol. The highest BCUT2D eigenvalue weighted by molar-refractivity contribution is 5.05. The molecule has 0 aromatic carbocycles. The van der Waals surface area contributed by atoms with Crippen LogP contribution in [-0.4, -0.2) is 40.8 Å². The Bertz CT molecular complexity index is 468. The van der Waals surface area contributed by atoms with E-state index >= 15 is 0 Å². The quantitative estimate of drug-likeness (QED) is 0.609. The van der Waals surface area contributed by atoms with Gasteiger partial charge < -0.3 is 24.4 Å². The van der Waals surface area contributed by atoms with Gasteiger partial charge in [-0.2, -0.15) is 0 Å². The first-order chi connectivity index (χ1) is 12.9. The molecule has 0 spiro atoms. The lowest BCUT2D eigenvalue weighted by Crippen LogP contribution is -2.65. The minimum atomic E-state index is -1.26. The molecule has 0 amide bonds. The molecule has 3 aliphatic rings. The minimum Gasteiger partial charge on any atom is -0.384 e. The number of rotatable bonds is 8. The highest BCUT2D eigenvalue weighted by Gasteiger charge is 2.62. The largest absolute Gasteiger partial charge is 0.384 e. The van der Waals surface area contributed by atoms with Crippen LogP contribution in [0.1, 0.15) is 91.4 Å². The Kier molecular flexibility index (Phi) is 7.23. The van der Waals surface area contributed by atoms with Crippen molar-refractivity contribution in [3.8, 4) is 0 Å². The van der Waals surface area contributed by atoms with Gasteiger partial charge in [-0.05, 0) is 38.5 Å². The van der Waals surface area contributed by atoms with Gasteiger partial charge >= 0.3 is 0 Å². The maximum Gasteiger partial charge on any atom is 0.193 e. The van der Waals surface area contributed by atoms with Gasteiger partial charge in [0.15, 0.2) is 18.4 Å². The first kappa shape index (κ1) is 21.5. The van der Waals surface area contributed by atoms with Gasteiger partial charge in [-0.1, -0.05) is 52.4 Å². The predicted molar refractivity (Wildman–Crippen MR) is 104 cm³/mol. The van der Waals surface area contributed by atoms with Crippen LogP contribution in [0.3, 0.4) is 0 Å². The molecule has 2 aliphatic heterocycles. The topological polar surface area (TPSA) is 68.2 Å². The molecule has 3 rings (SSSR count). The Morgan fingerprint density at radius 3 is 2.56 bits per heavy atom. The SMILES string of the molecule is CCCCCCCCOC1O[C@@H]2OC(C)(O)CCC3CCCC([C@H]1C)[C@]32O. The fourth-order valence-corrected chi connectivity index (χ4v) is 5.45. The van der Waals surface area contributed by atoms with Crippen molar-refractivity contribution in [1.82, 2.24) is 0 Å². The molecule has 0 bridgehead atoms. The molecule has 5 heteroatoms. The van der Waals surface area contributed by atoms with E-state index in [0.717, 1.165) is 32.1 Å². The Morgan fingerprint density at radius 1 is 1.04 bits per heavy atom. The molecule has 7 atom stereocenters. The summed E-state index contributed by atoms with van der Waals surface area (Å²) in [5, 5.41) is 22.2. The molecule has 4 unspecified atom stereocenters. The van der Waals surface area contributed by atoms with Crippen molar-refractivity contribution in [2.24, 2.45) is 17.8 Å². The second kappa shape index (κ2) is 9.08. The van der Waals surface area contributed by atoms with Gasteiger partial charge in [-0.15, -0.1) is 0 Å². The lowest BCUT2D eigenvalue weighted by atomic mass is 9.61. The van der Waals surface area contributed by atoms with Crippen molar-refractivity contribution in [2.45, 2.75) is 115 Å². The fourth-order valence-electron chi connectivity index (χ4n) is 5.45. The predicted octanol–water partition coefficient (Wildman–Crippen LogP) is 4.35. The molecule has 0 aromatic heterocycles. The fraction of sp³-hybridized carbons (Fsp3) is 1.00. The van der Waals surface area contributed by atoms with Crippen LogP contribution in [-0.2, 0) is 14.2 Å². The standard InChI is InChI=1S/C22H40O5/c1-4-5-6-7-8-9-15-25-19-16(2)18-12-10-11-17-13-14-21(3,23)27-20(26-19)22(17,18)24/h16-20,23-24H,4-15H2,1-3H3/t16-,17?,18?,19?,20-,21?,22-/m1/s1. The summed E-state index contributed by atoms with van der Waals surface area (Å²) in [6.07, 6.45) is 10.5. The lowest BCUT2D eigenvalue weighted by Gasteiger charge is -2.55. The maximum atomic E-state index is 11.6. The van der Waals surface area contributed by atoms with Crippen LogP contribution in [0.15, 0.2) is 0 Å². The molecule has 1 saturated carbocycles. The summed E-state index contributed by atoms with van der Waals surface area (Å²) in [4.78, 5) is 0. The van der Waals surface area contributed by atoms with Crippen LogP contribution in [0.5, 0.6) is 0 Å². The molecule has 5 nitrogen and oxygen atoms in total. The summed E-state index contributed by atoms with van der Waals surface area (Å²) in [6, 6.07) is 0. The van der Waals surface area contributed by atoms with Crippen molar-refractivity contribution < 1.29 is 24.4 Å². The second-order valence-electron chi connectivity index (χ2n) is 9.29. The maximum absolute atomic E-state index is 11.6. The first-order valence-corrected chi connectivity index (χ1v) is 11.3. The first-order valence-electron chi connectivity index (χ1n) is 11.3. The number of hydrogen-bond acceptors (Lipinski definition) is 5. The van der Waals surface area contributed by atoms with Gasteiger partial charge in [-0.3, -0.25) is 0 Å². The molecule has 2 saturated heterocycles.